The minimum Gasteiger partial charge on any atom is -0.497 e. The number of ether oxygens (including phenoxy) is 2. The minimum absolute atomic E-state index is 0.0840. The van der Waals surface area contributed by atoms with Crippen LogP contribution >= 0.6 is 0 Å². The fourth-order valence-corrected chi connectivity index (χ4v) is 3.89. The molecule has 33 heavy (non-hydrogen) atoms. The predicted molar refractivity (Wildman–Crippen MR) is 138 cm³/mol. The molecule has 1 aromatic carbocycles. The Morgan fingerprint density at radius 1 is 1.06 bits per heavy atom. The van der Waals surface area contributed by atoms with Crippen LogP contribution in [0, 0.1) is 12.8 Å². The topological polar surface area (TPSA) is 55.8 Å². The molecule has 1 N–H and O–H groups in total. The summed E-state index contributed by atoms with van der Waals surface area (Å²) in [4.78, 5) is 12.2. The van der Waals surface area contributed by atoms with Crippen molar-refractivity contribution in [1.29, 1.82) is 0 Å². The van der Waals surface area contributed by atoms with Gasteiger partial charge in [-0.15, -0.1) is 0 Å². The molecule has 0 bridgehead atoms. The Morgan fingerprint density at radius 3 is 2.36 bits per heavy atom. The number of aryl methyl sites for hydroxylation is 1. The van der Waals surface area contributed by atoms with Crippen LogP contribution < -0.4 is 9.47 Å². The van der Waals surface area contributed by atoms with Crippen molar-refractivity contribution in [2.45, 2.75) is 86.2 Å². The number of hydrogen-bond donors (Lipinski definition) is 1. The molecular weight excluding hydrogens is 412 g/mol. The molecule has 1 unspecified atom stereocenters. The number of hydrogen-bond acceptors (Lipinski definition) is 4. The van der Waals surface area contributed by atoms with E-state index in [0.717, 1.165) is 53.9 Å². The lowest BCUT2D eigenvalue weighted by Gasteiger charge is -2.13. The number of rotatable bonds is 14. The molecule has 0 aliphatic heterocycles. The lowest BCUT2D eigenvalue weighted by Crippen LogP contribution is -2.10. The van der Waals surface area contributed by atoms with Crippen LogP contribution in [-0.2, 0) is 11.2 Å². The number of aliphatic hydroxyl groups is 1. The van der Waals surface area contributed by atoms with Gasteiger partial charge in [0.05, 0.1) is 20.3 Å². The van der Waals surface area contributed by atoms with Gasteiger partial charge in [-0.25, -0.2) is 0 Å². The Bertz CT molecular complexity index is 857. The molecule has 0 saturated carbocycles. The molecule has 0 saturated heterocycles. The number of methoxy groups -OCH3 is 2. The van der Waals surface area contributed by atoms with E-state index in [4.69, 9.17) is 9.47 Å². The summed E-state index contributed by atoms with van der Waals surface area (Å²) in [5.74, 6) is 2.09. The van der Waals surface area contributed by atoms with Crippen molar-refractivity contribution in [1.82, 2.24) is 0 Å². The van der Waals surface area contributed by atoms with Gasteiger partial charge in [-0.3, -0.25) is 4.79 Å². The van der Waals surface area contributed by atoms with Gasteiger partial charge in [0, 0.05) is 17.9 Å². The van der Waals surface area contributed by atoms with Crippen LogP contribution in [0.1, 0.15) is 77.8 Å². The fraction of sp³-hybridized carbons (Fsp3) is 0.552. The number of Topliss-reactive ketones (excluding diaryl/α,β-unsaturated/α-hetero) is 1. The van der Waals surface area contributed by atoms with E-state index in [9.17, 15) is 9.90 Å². The van der Waals surface area contributed by atoms with Gasteiger partial charge in [-0.2, -0.15) is 0 Å². The predicted octanol–water partition coefficient (Wildman–Crippen LogP) is 6.93. The van der Waals surface area contributed by atoms with Gasteiger partial charge in [0.25, 0.3) is 0 Å². The second-order valence-corrected chi connectivity index (χ2v) is 9.42. The average molecular weight is 457 g/mol. The zero-order valence-corrected chi connectivity index (χ0v) is 22.0. The van der Waals surface area contributed by atoms with Crippen LogP contribution in [-0.4, -0.2) is 31.2 Å². The van der Waals surface area contributed by atoms with E-state index in [1.54, 1.807) is 14.2 Å². The van der Waals surface area contributed by atoms with Crippen molar-refractivity contribution in [2.24, 2.45) is 5.92 Å². The van der Waals surface area contributed by atoms with E-state index in [1.165, 1.54) is 11.1 Å². The zero-order valence-electron chi connectivity index (χ0n) is 22.0. The fourth-order valence-electron chi connectivity index (χ4n) is 3.89. The number of carbonyl (C=O) groups is 1. The minimum atomic E-state index is -0.507. The van der Waals surface area contributed by atoms with E-state index in [2.05, 4.69) is 13.0 Å². The molecule has 0 radical (unpaired) electrons. The molecule has 1 aromatic rings. The monoisotopic (exact) mass is 456 g/mol. The highest BCUT2D eigenvalue weighted by Crippen LogP contribution is 2.29. The molecule has 0 amide bonds. The van der Waals surface area contributed by atoms with Crippen molar-refractivity contribution in [3.63, 3.8) is 0 Å². The third-order valence-corrected chi connectivity index (χ3v) is 5.91. The van der Waals surface area contributed by atoms with Crippen LogP contribution in [0.15, 0.2) is 47.1 Å². The summed E-state index contributed by atoms with van der Waals surface area (Å²) >= 11 is 0. The van der Waals surface area contributed by atoms with Crippen LogP contribution in [0.4, 0.5) is 0 Å². The molecular formula is C29H44O4. The number of ketones is 1. The highest BCUT2D eigenvalue weighted by molar-refractivity contribution is 5.82. The molecule has 1 rings (SSSR count). The lowest BCUT2D eigenvalue weighted by molar-refractivity contribution is -0.121. The Hall–Kier alpha value is -2.33. The van der Waals surface area contributed by atoms with Gasteiger partial charge in [-0.1, -0.05) is 41.9 Å². The van der Waals surface area contributed by atoms with E-state index >= 15 is 0 Å². The van der Waals surface area contributed by atoms with Crippen molar-refractivity contribution in [2.75, 3.05) is 14.2 Å². The van der Waals surface area contributed by atoms with Crippen molar-refractivity contribution >= 4 is 5.78 Å². The molecule has 4 nitrogen and oxygen atoms in total. The van der Waals surface area contributed by atoms with Gasteiger partial charge < -0.3 is 14.6 Å². The SMILES string of the molecule is COc1cc(C)c(OC)c(C/C=C(\C)C[C@@H](O)/C=C(\C)CCCC(C)C(=O)CC=C(C)C)c1. The summed E-state index contributed by atoms with van der Waals surface area (Å²) < 4.78 is 11.0. The Kier molecular flexibility index (Phi) is 12.8. The first-order valence-corrected chi connectivity index (χ1v) is 12.0. The summed E-state index contributed by atoms with van der Waals surface area (Å²) in [6.45, 7) is 12.2. The maximum Gasteiger partial charge on any atom is 0.139 e. The smallest absolute Gasteiger partial charge is 0.139 e. The normalized spacial score (nSPS) is 14.0. The Balaban J connectivity index is 2.57. The average Bonchev–Trinajstić information content (AvgIpc) is 2.75. The van der Waals surface area contributed by atoms with Crippen LogP contribution in [0.25, 0.3) is 0 Å². The number of benzene rings is 1. The van der Waals surface area contributed by atoms with E-state index in [-0.39, 0.29) is 5.92 Å². The zero-order chi connectivity index (χ0) is 25.0. The first-order valence-electron chi connectivity index (χ1n) is 12.0. The second-order valence-electron chi connectivity index (χ2n) is 9.42. The molecule has 0 aromatic heterocycles. The molecule has 4 heteroatoms. The van der Waals surface area contributed by atoms with Crippen molar-refractivity contribution in [3.05, 3.63) is 58.2 Å². The Morgan fingerprint density at radius 2 is 1.76 bits per heavy atom. The standard InChI is InChI=1S/C29H44O4/c1-20(2)12-15-28(31)23(5)11-9-10-21(3)16-26(30)17-22(4)13-14-25-19-27(32-7)18-24(6)29(25)33-8/h12-13,16,18-19,23,26,30H,9-11,14-15,17H2,1-8H3/b21-16+,22-13+/t23?,26-/m0/s1. The van der Waals surface area contributed by atoms with Gasteiger partial charge in [0.2, 0.25) is 0 Å². The largest absolute Gasteiger partial charge is 0.497 e. The maximum atomic E-state index is 12.2. The second kappa shape index (κ2) is 14.7. The summed E-state index contributed by atoms with van der Waals surface area (Å²) in [6.07, 6.45) is 10.2. The van der Waals surface area contributed by atoms with E-state index in [0.29, 0.717) is 18.6 Å². The van der Waals surface area contributed by atoms with Gasteiger partial charge in [-0.05, 0) is 84.4 Å². The quantitative estimate of drug-likeness (QED) is 0.308. The summed E-state index contributed by atoms with van der Waals surface area (Å²) in [5, 5.41) is 10.5. The molecule has 0 spiro atoms. The highest BCUT2D eigenvalue weighted by atomic mass is 16.5. The van der Waals surface area contributed by atoms with Crippen LogP contribution in [0.5, 0.6) is 11.5 Å². The van der Waals surface area contributed by atoms with Gasteiger partial charge in [0.1, 0.15) is 17.3 Å². The van der Waals surface area contributed by atoms with Crippen molar-refractivity contribution in [3.8, 4) is 11.5 Å². The molecule has 2 atom stereocenters. The molecule has 0 aliphatic rings. The number of allylic oxidation sites excluding steroid dienone is 4. The first-order chi connectivity index (χ1) is 15.6. The molecule has 0 aliphatic carbocycles. The maximum absolute atomic E-state index is 12.2. The first kappa shape index (κ1) is 28.7. The van der Waals surface area contributed by atoms with Crippen molar-refractivity contribution < 1.29 is 19.4 Å². The third-order valence-electron chi connectivity index (χ3n) is 5.91. The summed E-state index contributed by atoms with van der Waals surface area (Å²) in [6, 6.07) is 3.97. The van der Waals surface area contributed by atoms with Gasteiger partial charge >= 0.3 is 0 Å². The number of aliphatic hydroxyl groups excluding tert-OH is 1. The molecule has 184 valence electrons. The highest BCUT2D eigenvalue weighted by Gasteiger charge is 2.12. The lowest BCUT2D eigenvalue weighted by atomic mass is 9.95. The molecule has 0 heterocycles. The summed E-state index contributed by atoms with van der Waals surface area (Å²) in [5.41, 5.74) is 5.61. The van der Waals surface area contributed by atoms with E-state index < -0.39 is 6.10 Å². The number of carbonyl (C=O) groups excluding carboxylic acids is 1. The van der Waals surface area contributed by atoms with Crippen LogP contribution in [0.3, 0.4) is 0 Å². The third kappa shape index (κ3) is 10.9. The van der Waals surface area contributed by atoms with Crippen LogP contribution in [0.2, 0.25) is 0 Å². The molecule has 0 fully saturated rings. The summed E-state index contributed by atoms with van der Waals surface area (Å²) in [7, 11) is 3.35. The Labute approximate surface area is 201 Å². The van der Waals surface area contributed by atoms with E-state index in [1.807, 2.05) is 58.9 Å². The van der Waals surface area contributed by atoms with Gasteiger partial charge in [0.15, 0.2) is 0 Å².